The van der Waals surface area contributed by atoms with E-state index < -0.39 is 30.9 Å². The Morgan fingerprint density at radius 3 is 2.65 bits per heavy atom. The summed E-state index contributed by atoms with van der Waals surface area (Å²) in [6, 6.07) is 1.31. The van der Waals surface area contributed by atoms with Crippen LogP contribution in [0.3, 0.4) is 0 Å². The molecule has 0 spiro atoms. The molecule has 1 rings (SSSR count). The first kappa shape index (κ1) is 17.0. The highest BCUT2D eigenvalue weighted by Crippen LogP contribution is 2.30. The zero-order valence-electron chi connectivity index (χ0n) is 9.89. The molecule has 0 radical (unpaired) electrons. The first-order valence-corrected chi connectivity index (χ1v) is 6.35. The number of halogens is 3. The van der Waals surface area contributed by atoms with Gasteiger partial charge in [0.25, 0.3) is 0 Å². The van der Waals surface area contributed by atoms with E-state index in [0.717, 1.165) is 6.08 Å². The van der Waals surface area contributed by atoms with E-state index in [-0.39, 0.29) is 21.1 Å². The number of hydrogen-bond donors (Lipinski definition) is 3. The highest BCUT2D eigenvalue weighted by Gasteiger charge is 2.13. The number of ether oxygens (including phenoxy) is 1. The average Bonchev–Trinajstić information content (AvgIpc) is 2.40. The van der Waals surface area contributed by atoms with E-state index >= 15 is 0 Å². The molecule has 0 aromatic carbocycles. The molecule has 3 N–H and O–H groups in total. The molecule has 0 bridgehead atoms. The van der Waals surface area contributed by atoms with Crippen LogP contribution in [-0.2, 0) is 4.79 Å². The van der Waals surface area contributed by atoms with Crippen molar-refractivity contribution in [2.45, 2.75) is 6.10 Å². The number of aliphatic hydroxyl groups excluding tert-OH is 3. The van der Waals surface area contributed by atoms with Crippen LogP contribution in [-0.4, -0.2) is 45.4 Å². The van der Waals surface area contributed by atoms with Gasteiger partial charge in [0.1, 0.15) is 16.9 Å². The minimum absolute atomic E-state index is 0.0346. The van der Waals surface area contributed by atoms with Gasteiger partial charge in [0, 0.05) is 6.08 Å². The van der Waals surface area contributed by atoms with Crippen molar-refractivity contribution in [3.63, 3.8) is 0 Å². The molecule has 1 aromatic rings. The van der Waals surface area contributed by atoms with Gasteiger partial charge in [-0.25, -0.2) is 0 Å². The van der Waals surface area contributed by atoms with Crippen molar-refractivity contribution in [3.8, 4) is 5.88 Å². The van der Waals surface area contributed by atoms with E-state index in [4.69, 9.17) is 49.8 Å². The molecule has 0 amide bonds. The number of carbonyl (C=O) groups excluding carboxylic acids is 1. The molecule has 0 aliphatic rings. The molecular formula is C11H10Cl3NO5. The monoisotopic (exact) mass is 341 g/mol. The number of aromatic nitrogens is 1. The Bertz CT molecular complexity index is 535. The summed E-state index contributed by atoms with van der Waals surface area (Å²) >= 11 is 17.1. The summed E-state index contributed by atoms with van der Waals surface area (Å²) in [6.07, 6.45) is -0.794. The molecule has 20 heavy (non-hydrogen) atoms. The van der Waals surface area contributed by atoms with Gasteiger partial charge < -0.3 is 20.1 Å². The van der Waals surface area contributed by atoms with Gasteiger partial charge in [-0.2, -0.15) is 4.98 Å². The number of hydrogen-bond acceptors (Lipinski definition) is 6. The second kappa shape index (κ2) is 7.66. The number of pyridine rings is 1. The quantitative estimate of drug-likeness (QED) is 0.414. The average molecular weight is 343 g/mol. The summed E-state index contributed by atoms with van der Waals surface area (Å²) in [5, 5.41) is 27.0. The maximum absolute atomic E-state index is 11.4. The standard InChI is InChI=1S/C11H10Cl3NO5/c12-6-2-7(13)11(15-10(6)14)20-4-5(17)1-8(18)9(19)3-16/h1-2,9,16,18-19H,3-4H2/b8-1-. The summed E-state index contributed by atoms with van der Waals surface area (Å²) < 4.78 is 5.01. The lowest BCUT2D eigenvalue weighted by Crippen LogP contribution is -2.18. The molecule has 0 saturated carbocycles. The molecule has 9 heteroatoms. The minimum Gasteiger partial charge on any atom is -0.509 e. The van der Waals surface area contributed by atoms with Crippen LogP contribution in [0, 0.1) is 0 Å². The molecule has 1 unspecified atom stereocenters. The lowest BCUT2D eigenvalue weighted by atomic mass is 10.2. The van der Waals surface area contributed by atoms with E-state index in [1.165, 1.54) is 6.07 Å². The number of nitrogens with zero attached hydrogens (tertiary/aromatic N) is 1. The van der Waals surface area contributed by atoms with Crippen molar-refractivity contribution in [1.82, 2.24) is 4.98 Å². The van der Waals surface area contributed by atoms with Crippen LogP contribution in [0.2, 0.25) is 15.2 Å². The second-order valence-electron chi connectivity index (χ2n) is 3.57. The lowest BCUT2D eigenvalue weighted by Gasteiger charge is -2.07. The molecule has 6 nitrogen and oxygen atoms in total. The van der Waals surface area contributed by atoms with Crippen LogP contribution in [0.5, 0.6) is 5.88 Å². The van der Waals surface area contributed by atoms with E-state index in [0.29, 0.717) is 0 Å². The van der Waals surface area contributed by atoms with Gasteiger partial charge >= 0.3 is 0 Å². The molecular weight excluding hydrogens is 332 g/mol. The van der Waals surface area contributed by atoms with E-state index in [1.807, 2.05) is 0 Å². The lowest BCUT2D eigenvalue weighted by molar-refractivity contribution is -0.116. The third-order valence-corrected chi connectivity index (χ3v) is 2.97. The highest BCUT2D eigenvalue weighted by molar-refractivity contribution is 6.42. The van der Waals surface area contributed by atoms with Gasteiger partial charge in [0.15, 0.2) is 17.5 Å². The Labute approximate surface area is 129 Å². The third kappa shape index (κ3) is 4.81. The molecule has 1 atom stereocenters. The van der Waals surface area contributed by atoms with Crippen LogP contribution < -0.4 is 4.74 Å². The van der Waals surface area contributed by atoms with Crippen LogP contribution in [0.1, 0.15) is 0 Å². The molecule has 0 aliphatic carbocycles. The number of rotatable bonds is 6. The fourth-order valence-corrected chi connectivity index (χ4v) is 1.61. The van der Waals surface area contributed by atoms with Crippen molar-refractivity contribution in [3.05, 3.63) is 33.1 Å². The summed E-state index contributed by atoms with van der Waals surface area (Å²) in [5.41, 5.74) is 0. The van der Waals surface area contributed by atoms with Crippen molar-refractivity contribution >= 4 is 40.6 Å². The van der Waals surface area contributed by atoms with Gasteiger partial charge in [-0.1, -0.05) is 34.8 Å². The third-order valence-electron chi connectivity index (χ3n) is 2.03. The van der Waals surface area contributed by atoms with Crippen LogP contribution in [0.25, 0.3) is 0 Å². The predicted molar refractivity (Wildman–Crippen MR) is 73.6 cm³/mol. The van der Waals surface area contributed by atoms with Crippen molar-refractivity contribution in [1.29, 1.82) is 0 Å². The molecule has 0 saturated heterocycles. The SMILES string of the molecule is O=C(/C=C(\O)C(O)CO)COc1nc(Cl)c(Cl)cc1Cl. The number of carbonyl (C=O) groups is 1. The summed E-state index contributed by atoms with van der Waals surface area (Å²) in [6.45, 7) is -1.20. The second-order valence-corrected chi connectivity index (χ2v) is 4.74. The summed E-state index contributed by atoms with van der Waals surface area (Å²) in [7, 11) is 0. The molecule has 110 valence electrons. The van der Waals surface area contributed by atoms with Crippen molar-refractivity contribution in [2.75, 3.05) is 13.2 Å². The Balaban J connectivity index is 2.68. The highest BCUT2D eigenvalue weighted by atomic mass is 35.5. The maximum atomic E-state index is 11.4. The predicted octanol–water partition coefficient (Wildman–Crippen LogP) is 1.78. The van der Waals surface area contributed by atoms with Crippen molar-refractivity contribution in [2.24, 2.45) is 0 Å². The first-order valence-electron chi connectivity index (χ1n) is 5.21. The maximum Gasteiger partial charge on any atom is 0.234 e. The van der Waals surface area contributed by atoms with Crippen molar-refractivity contribution < 1.29 is 24.9 Å². The molecule has 0 aliphatic heterocycles. The molecule has 1 heterocycles. The summed E-state index contributed by atoms with van der Waals surface area (Å²) in [5.74, 6) is -1.43. The van der Waals surface area contributed by atoms with E-state index in [1.54, 1.807) is 0 Å². The minimum atomic E-state index is -1.52. The van der Waals surface area contributed by atoms with E-state index in [2.05, 4.69) is 4.98 Å². The van der Waals surface area contributed by atoms with Gasteiger partial charge in [0.2, 0.25) is 5.88 Å². The number of ketones is 1. The topological polar surface area (TPSA) is 99.9 Å². The van der Waals surface area contributed by atoms with Gasteiger partial charge in [-0.15, -0.1) is 0 Å². The van der Waals surface area contributed by atoms with Crippen LogP contribution in [0.4, 0.5) is 0 Å². The summed E-state index contributed by atoms with van der Waals surface area (Å²) in [4.78, 5) is 15.2. The largest absolute Gasteiger partial charge is 0.509 e. The fourth-order valence-electron chi connectivity index (χ4n) is 1.07. The fraction of sp³-hybridized carbons (Fsp3) is 0.273. The Hall–Kier alpha value is -1.05. The van der Waals surface area contributed by atoms with Gasteiger partial charge in [0.05, 0.1) is 11.6 Å². The Morgan fingerprint density at radius 2 is 2.05 bits per heavy atom. The van der Waals surface area contributed by atoms with Gasteiger partial charge in [-0.05, 0) is 6.07 Å². The number of aliphatic hydroxyl groups is 3. The Kier molecular flexibility index (Phi) is 6.51. The molecule has 0 fully saturated rings. The smallest absolute Gasteiger partial charge is 0.234 e. The zero-order chi connectivity index (χ0) is 15.3. The van der Waals surface area contributed by atoms with Gasteiger partial charge in [-0.3, -0.25) is 4.79 Å². The first-order chi connectivity index (χ1) is 9.35. The van der Waals surface area contributed by atoms with Crippen LogP contribution >= 0.6 is 34.8 Å². The van der Waals surface area contributed by atoms with Crippen LogP contribution in [0.15, 0.2) is 17.9 Å². The van der Waals surface area contributed by atoms with E-state index in [9.17, 15) is 9.90 Å². The Morgan fingerprint density at radius 1 is 1.40 bits per heavy atom. The zero-order valence-corrected chi connectivity index (χ0v) is 12.2. The normalized spacial score (nSPS) is 13.2. The molecule has 1 aromatic heterocycles.